The van der Waals surface area contributed by atoms with Crippen LogP contribution in [0, 0.1) is 50.0 Å². The molecule has 7 aliphatic heterocycles. The monoisotopic (exact) mass is 2140 g/mol. The quantitative estimate of drug-likeness (QED) is 0.00762. The van der Waals surface area contributed by atoms with Crippen LogP contribution in [0.25, 0.3) is 0 Å². The number of Topliss-reactive ketones (excluding diaryl/α,β-unsaturated/α-hetero) is 1. The van der Waals surface area contributed by atoms with Gasteiger partial charge in [0.15, 0.2) is 46.3 Å². The summed E-state index contributed by atoms with van der Waals surface area (Å²) in [6.45, 7) is 12.8. The van der Waals surface area contributed by atoms with Crippen LogP contribution in [-0.4, -0.2) is 223 Å². The molecule has 26 heteroatoms. The number of carbonyl (C=O) groups excluding carboxylic acids is 2. The van der Waals surface area contributed by atoms with Gasteiger partial charge in [0.2, 0.25) is 0 Å². The van der Waals surface area contributed by atoms with E-state index in [2.05, 4.69) is 103 Å². The van der Waals surface area contributed by atoms with E-state index in [1.165, 1.54) is 43.2 Å². The van der Waals surface area contributed by atoms with Gasteiger partial charge in [-0.25, -0.2) is 10.5 Å². The van der Waals surface area contributed by atoms with E-state index in [-0.39, 0.29) is 132 Å². The number of carbonyl (C=O) groups is 2. The zero-order chi connectivity index (χ0) is 99.0. The Hall–Kier alpha value is -5.26. The second-order valence-corrected chi connectivity index (χ2v) is 38.5. The van der Waals surface area contributed by atoms with Crippen molar-refractivity contribution in [3.05, 3.63) is 313 Å². The summed E-state index contributed by atoms with van der Waals surface area (Å²) in [6, 6.07) is 86.1. The normalized spacial score (nSPS) is 31.6. The van der Waals surface area contributed by atoms with E-state index in [0.717, 1.165) is 202 Å². The van der Waals surface area contributed by atoms with Crippen molar-refractivity contribution in [3.63, 3.8) is 0 Å². The summed E-state index contributed by atoms with van der Waals surface area (Å²) in [5.74, 6) is -3.05. The molecule has 8 aromatic rings. The fraction of sp³-hybridized carbons (Fsp3) is 0.538. The second kappa shape index (κ2) is 57.8. The fourth-order valence-electron chi connectivity index (χ4n) is 26.8. The molecule has 16 atom stereocenters. The van der Waals surface area contributed by atoms with Crippen LogP contribution in [-0.2, 0) is 81.7 Å². The van der Waals surface area contributed by atoms with Gasteiger partial charge in [-0.2, -0.15) is 72.8 Å². The summed E-state index contributed by atoms with van der Waals surface area (Å²) in [6.07, 6.45) is 36.0. The number of fused-ring (bicyclic) bond motifs is 7. The van der Waals surface area contributed by atoms with Crippen LogP contribution >= 0.6 is 9.18 Å². The van der Waals surface area contributed by atoms with Crippen LogP contribution in [0.4, 0.5) is 0 Å². The van der Waals surface area contributed by atoms with Crippen molar-refractivity contribution in [1.29, 1.82) is 1.28 Å². The number of allylic oxidation sites excluding steroid dienone is 2. The van der Waals surface area contributed by atoms with Crippen molar-refractivity contribution in [2.24, 2.45) is 37.9 Å². The molecule has 143 heavy (non-hydrogen) atoms. The van der Waals surface area contributed by atoms with Gasteiger partial charge >= 0.3 is 46.1 Å². The number of benzene rings is 8. The van der Waals surface area contributed by atoms with Gasteiger partial charge in [-0.1, -0.05) is 219 Å². The van der Waals surface area contributed by atoms with Crippen molar-refractivity contribution < 1.29 is 136 Å². The molecule has 7 saturated heterocycles. The second-order valence-electron chi connectivity index (χ2n) is 38.5. The van der Waals surface area contributed by atoms with Crippen LogP contribution in [0.2, 0.25) is 0 Å². The Morgan fingerprint density at radius 3 is 1.22 bits per heavy atom. The molecular formula is C117H157Br2Mg2O21P. The maximum atomic E-state index is 12.9. The number of aliphatic hydroxyl groups is 2. The number of halogens is 2. The summed E-state index contributed by atoms with van der Waals surface area (Å²) in [5.41, 5.74) is 4.04. The molecule has 774 valence electrons. The average molecular weight is 2140 g/mol. The Bertz CT molecular complexity index is 4740. The summed E-state index contributed by atoms with van der Waals surface area (Å²) in [5, 5.41) is 38.6. The molecule has 0 radical (unpaired) electrons. The predicted molar refractivity (Wildman–Crippen MR) is 555 cm³/mol. The first-order chi connectivity index (χ1) is 67.7. The van der Waals surface area contributed by atoms with Crippen LogP contribution < -0.4 is 34.0 Å². The molecule has 7 heterocycles. The van der Waals surface area contributed by atoms with Crippen molar-refractivity contribution in [1.82, 2.24) is 0 Å². The first-order valence-corrected chi connectivity index (χ1v) is 50.8. The molecule has 16 unspecified atom stereocenters. The third-order valence-corrected chi connectivity index (χ3v) is 33.1. The topological polar surface area (TPSA) is 254 Å². The average Bonchev–Trinajstić information content (AvgIpc) is 1.51. The standard InChI is InChI=1S/C21H24O3.C21H24O2.C15H20O3.C15H18O3.2C11H18O2.C9H14O3.2C6H5.CH5P.CH4.2BrH.2Mg.H2O3/c1-23-20-14-8-13-19(20,15-16-24-20)21(22,17-9-4-2-5-10-17)18-11-6-3-7-12-18;1-22-21-14-8-13-20(21,15-16-23-21)19(17-9-4-2-5-10-17)18-11-6-3-7-12-18;2*1-17-15-9-5-8-14(15,10-11-18-15)13(16)12-6-3-2-4-7-12;2*1-3-5-10-6-4-7-11(10,12-2)13-9-8-10;1-11-9-4-2-3-8(9,7-10)5-6-12-9;2*1-2-4-6-5-3-1;1-2;;;;;;1-3-2/h2-7,9-12,22H,8,13-16H2,1H3;2-7,9-12,19H,8,13-16H2,1H3;2-4,6-7,13,16H,5,8-11H2,1H3;2-4,6-7H,5,8-11H2,1H3;3,5H,4,6-9H2,1-2H3;3H,1,4-9H2,2H3;7H,2-6H2,1H3;2*1-5H;2H2,1H3;1H4;2*1H;;;1-2H/q;;;;;;;2*-1;;;;;2*+2;/p-2/b;;;;5-3+;;;;;;;;;;;/i;;;;;;;;;2D;;;;;;. The maximum absolute atomic E-state index is 12.9. The smallest absolute Gasteiger partial charge is 1.00 e. The number of hydrogen-bond donors (Lipinski definition) is 4. The zero-order valence-corrected chi connectivity index (χ0v) is 92.1. The van der Waals surface area contributed by atoms with Crippen LogP contribution in [0.1, 0.15) is 251 Å². The van der Waals surface area contributed by atoms with Gasteiger partial charge in [0.05, 0.1) is 75.3 Å². The third kappa shape index (κ3) is 24.7. The minimum absolute atomic E-state index is 0. The third-order valence-electron chi connectivity index (χ3n) is 33.1. The molecule has 14 aliphatic rings. The van der Waals surface area contributed by atoms with Crippen molar-refractivity contribution in [3.8, 4) is 0 Å². The largest absolute Gasteiger partial charge is 2.00 e. The molecule has 0 amide bonds. The minimum atomic E-state index is -1.14. The summed E-state index contributed by atoms with van der Waals surface area (Å²) < 4.78 is 87.3. The van der Waals surface area contributed by atoms with E-state index in [4.69, 9.17) is 78.1 Å². The number of ether oxygens (including phenoxy) is 14. The molecule has 14 fully saturated rings. The summed E-state index contributed by atoms with van der Waals surface area (Å²) in [4.78, 5) is 23.9. The molecule has 4 N–H and O–H groups in total. The molecule has 0 aromatic heterocycles. The van der Waals surface area contributed by atoms with Gasteiger partial charge in [-0.05, 0) is 176 Å². The summed E-state index contributed by atoms with van der Waals surface area (Å²) in [7, 11) is 12.4. The van der Waals surface area contributed by atoms with Gasteiger partial charge < -0.3 is 115 Å². The number of hydrogen-bond acceptors (Lipinski definition) is 21. The van der Waals surface area contributed by atoms with Crippen LogP contribution in [0.15, 0.2) is 267 Å². The molecule has 22 rings (SSSR count). The van der Waals surface area contributed by atoms with E-state index in [1.807, 2.05) is 202 Å². The van der Waals surface area contributed by atoms with Gasteiger partial charge in [-0.15, -0.1) is 15.8 Å². The Balaban J connectivity index is 0.000000222. The fourth-order valence-corrected chi connectivity index (χ4v) is 26.8. The number of aldehydes is 1. The van der Waals surface area contributed by atoms with E-state index in [1.54, 1.807) is 42.7 Å². The maximum Gasteiger partial charge on any atom is 2.00 e. The molecular weight excluding hydrogens is 1980 g/mol. The molecule has 8 aromatic carbocycles. The van der Waals surface area contributed by atoms with Gasteiger partial charge in [-0.3, -0.25) is 4.79 Å². The molecule has 0 spiro atoms. The predicted octanol–water partition coefficient (Wildman–Crippen LogP) is 17.5. The number of methoxy groups -OCH3 is 7. The van der Waals surface area contributed by atoms with Crippen LogP contribution in [0.3, 0.4) is 0 Å². The van der Waals surface area contributed by atoms with Gasteiger partial charge in [0.25, 0.3) is 0 Å². The van der Waals surface area contributed by atoms with E-state index in [0.29, 0.717) is 41.5 Å². The molecule has 7 saturated carbocycles. The van der Waals surface area contributed by atoms with Gasteiger partial charge in [0.1, 0.15) is 11.9 Å². The Kier molecular flexibility index (Phi) is 49.7. The van der Waals surface area contributed by atoms with Crippen molar-refractivity contribution in [2.45, 2.75) is 259 Å². The number of rotatable bonds is 21. The summed E-state index contributed by atoms with van der Waals surface area (Å²) >= 11 is 0. The van der Waals surface area contributed by atoms with Crippen LogP contribution in [0.5, 0.6) is 0 Å². The number of ketones is 1. The minimum Gasteiger partial charge on any atom is -1.00 e. The molecule has 0 bridgehead atoms. The first kappa shape index (κ1) is 123. The Morgan fingerprint density at radius 2 is 0.755 bits per heavy atom. The van der Waals surface area contributed by atoms with E-state index >= 15 is 0 Å². The van der Waals surface area contributed by atoms with E-state index in [9.17, 15) is 19.8 Å². The first-order valence-electron chi connectivity index (χ1n) is 50.3. The Morgan fingerprint density at radius 1 is 0.420 bits per heavy atom. The molecule has 7 aliphatic carbocycles. The Labute approximate surface area is 909 Å². The van der Waals surface area contributed by atoms with E-state index < -0.39 is 51.5 Å². The van der Waals surface area contributed by atoms with Gasteiger partial charge in [0, 0.05) is 122 Å². The molecule has 21 nitrogen and oxygen atoms in total. The zero-order valence-electron chi connectivity index (χ0n) is 86.1. The number of aliphatic hydroxyl groups excluding tert-OH is 1. The van der Waals surface area contributed by atoms with Crippen molar-refractivity contribution in [2.75, 3.05) is 103 Å². The van der Waals surface area contributed by atoms with Crippen molar-refractivity contribution >= 4 is 67.4 Å². The SMILES string of the molecule is C.C/C=C/C12CCCC1(OC)OCC2.C=CCC12CCCC1(OC)OCC2.COC12CCCC1(C(=O)c1ccccc1)CCO2.COC12CCCC1(C(O)(c1ccccc1)c1ccccc1)CCO2.COC12CCCC1(C(O)c1ccccc1)CCO2.COC12CCCC1(C(c1ccccc1)c1ccccc1)CCO2.COC12CCCC1(C=O)CCO2.OOO.[2H]PC.[Br-].[Br-].[Mg+2].[Mg+2].[c-]1ccccc1.[c-]1ccccc1.